The molecule has 0 atom stereocenters. The summed E-state index contributed by atoms with van der Waals surface area (Å²) in [4.78, 5) is 3.51. The summed E-state index contributed by atoms with van der Waals surface area (Å²) in [5.74, 6) is 0.661. The zero-order valence-corrected chi connectivity index (χ0v) is 10.6. The van der Waals surface area contributed by atoms with E-state index in [1.54, 1.807) is 11.3 Å². The van der Waals surface area contributed by atoms with Crippen LogP contribution in [0.25, 0.3) is 0 Å². The van der Waals surface area contributed by atoms with E-state index in [-0.39, 0.29) is 0 Å². The lowest BCUT2D eigenvalue weighted by Crippen LogP contribution is -2.23. The molecule has 0 amide bonds. The summed E-state index contributed by atoms with van der Waals surface area (Å²) in [6.45, 7) is 3.86. The fraction of sp³-hybridized carbons (Fsp3) is 0.214. The number of hydrogen-bond donors (Lipinski definition) is 1. The van der Waals surface area contributed by atoms with Crippen molar-refractivity contribution in [3.05, 3.63) is 57.3 Å². The largest absolute Gasteiger partial charge is 0.347 e. The molecule has 0 bridgehead atoms. The van der Waals surface area contributed by atoms with Gasteiger partial charge in [0.05, 0.1) is 6.54 Å². The molecule has 1 aromatic carbocycles. The van der Waals surface area contributed by atoms with Gasteiger partial charge in [-0.05, 0) is 29.5 Å². The van der Waals surface area contributed by atoms with Gasteiger partial charge in [0.2, 0.25) is 0 Å². The highest BCUT2D eigenvalue weighted by Gasteiger charge is 2.23. The number of amidine groups is 1. The van der Waals surface area contributed by atoms with Crippen LogP contribution in [0.1, 0.15) is 21.6 Å². The third-order valence-electron chi connectivity index (χ3n) is 3.25. The van der Waals surface area contributed by atoms with Crippen LogP contribution in [0.15, 0.2) is 35.7 Å². The lowest BCUT2D eigenvalue weighted by atomic mass is 10.1. The van der Waals surface area contributed by atoms with E-state index in [1.807, 2.05) is 18.2 Å². The highest BCUT2D eigenvalue weighted by molar-refractivity contribution is 7.10. The van der Waals surface area contributed by atoms with Crippen LogP contribution in [0.4, 0.5) is 0 Å². The van der Waals surface area contributed by atoms with Crippen molar-refractivity contribution in [3.8, 4) is 0 Å². The molecule has 3 rings (SSSR count). The lowest BCUT2D eigenvalue weighted by molar-refractivity contribution is 0.425. The maximum Gasteiger partial charge on any atom is 0.129 e. The number of rotatable bonds is 2. The van der Waals surface area contributed by atoms with Gasteiger partial charge >= 0.3 is 0 Å². The maximum atomic E-state index is 8.19. The summed E-state index contributed by atoms with van der Waals surface area (Å²) in [5, 5.41) is 10.3. The van der Waals surface area contributed by atoms with E-state index in [9.17, 15) is 0 Å². The van der Waals surface area contributed by atoms with Crippen LogP contribution in [0, 0.1) is 12.3 Å². The first-order valence-corrected chi connectivity index (χ1v) is 6.58. The van der Waals surface area contributed by atoms with Gasteiger partial charge in [-0.3, -0.25) is 5.41 Å². The van der Waals surface area contributed by atoms with Gasteiger partial charge in [0.1, 0.15) is 5.84 Å². The van der Waals surface area contributed by atoms with E-state index in [0.29, 0.717) is 5.84 Å². The number of benzene rings is 1. The first-order valence-electron chi connectivity index (χ1n) is 5.70. The van der Waals surface area contributed by atoms with Crippen LogP contribution in [-0.4, -0.2) is 10.7 Å². The van der Waals surface area contributed by atoms with Gasteiger partial charge in [-0.2, -0.15) is 0 Å². The molecule has 1 N–H and O–H groups in total. The first kappa shape index (κ1) is 10.5. The van der Waals surface area contributed by atoms with Gasteiger partial charge in [0.15, 0.2) is 0 Å². The average molecular weight is 242 g/mol. The zero-order chi connectivity index (χ0) is 11.8. The van der Waals surface area contributed by atoms with Crippen molar-refractivity contribution in [2.45, 2.75) is 20.0 Å². The second-order valence-electron chi connectivity index (χ2n) is 4.39. The lowest BCUT2D eigenvalue weighted by Gasteiger charge is -2.17. The molecule has 0 unspecified atom stereocenters. The number of nitrogens with zero attached hydrogens (tertiary/aromatic N) is 1. The summed E-state index contributed by atoms with van der Waals surface area (Å²) in [6.07, 6.45) is 0. The molecule has 0 fully saturated rings. The Kier molecular flexibility index (Phi) is 2.48. The SMILES string of the molecule is Cc1ccsc1CN1Cc2ccccc2C1=N. The smallest absolute Gasteiger partial charge is 0.129 e. The highest BCUT2D eigenvalue weighted by atomic mass is 32.1. The van der Waals surface area contributed by atoms with Crippen molar-refractivity contribution in [2.24, 2.45) is 0 Å². The normalized spacial score (nSPS) is 14.2. The Bertz CT molecular complexity index is 571. The summed E-state index contributed by atoms with van der Waals surface area (Å²) >= 11 is 1.78. The van der Waals surface area contributed by atoms with Crippen molar-refractivity contribution in [1.29, 1.82) is 5.41 Å². The number of fused-ring (bicyclic) bond motifs is 1. The molecule has 2 aromatic rings. The standard InChI is InChI=1S/C14H14N2S/c1-10-6-7-17-13(10)9-16-8-11-4-2-3-5-12(11)14(16)15/h2-7,15H,8-9H2,1H3. The van der Waals surface area contributed by atoms with Gasteiger partial charge in [0, 0.05) is 17.0 Å². The molecule has 1 aliphatic rings. The molecule has 2 heterocycles. The van der Waals surface area contributed by atoms with Crippen LogP contribution >= 0.6 is 11.3 Å². The topological polar surface area (TPSA) is 27.1 Å². The molecule has 0 aliphatic carbocycles. The van der Waals surface area contributed by atoms with Crippen LogP contribution in [-0.2, 0) is 13.1 Å². The van der Waals surface area contributed by atoms with Crippen molar-refractivity contribution >= 4 is 17.2 Å². The quantitative estimate of drug-likeness (QED) is 0.858. The Morgan fingerprint density at radius 1 is 1.29 bits per heavy atom. The van der Waals surface area contributed by atoms with E-state index in [4.69, 9.17) is 5.41 Å². The number of nitrogens with one attached hydrogen (secondary N) is 1. The Balaban J connectivity index is 1.85. The van der Waals surface area contributed by atoms with Crippen molar-refractivity contribution in [2.75, 3.05) is 0 Å². The van der Waals surface area contributed by atoms with Crippen LogP contribution in [0.5, 0.6) is 0 Å². The molecule has 1 aliphatic heterocycles. The van der Waals surface area contributed by atoms with Gasteiger partial charge in [-0.1, -0.05) is 24.3 Å². The Hall–Kier alpha value is -1.61. The number of thiophene rings is 1. The van der Waals surface area contributed by atoms with Crippen LogP contribution < -0.4 is 0 Å². The molecule has 0 saturated carbocycles. The summed E-state index contributed by atoms with van der Waals surface area (Å²) in [5.41, 5.74) is 3.69. The second-order valence-corrected chi connectivity index (χ2v) is 5.39. The minimum absolute atomic E-state index is 0.661. The molecule has 0 spiro atoms. The minimum Gasteiger partial charge on any atom is -0.347 e. The number of aryl methyl sites for hydroxylation is 1. The van der Waals surface area contributed by atoms with E-state index < -0.39 is 0 Å². The molecular formula is C14H14N2S. The predicted octanol–water partition coefficient (Wildman–Crippen LogP) is 3.40. The summed E-state index contributed by atoms with van der Waals surface area (Å²) < 4.78 is 0. The van der Waals surface area contributed by atoms with Gasteiger partial charge in [0.25, 0.3) is 0 Å². The molecule has 0 saturated heterocycles. The molecule has 17 heavy (non-hydrogen) atoms. The van der Waals surface area contributed by atoms with Crippen molar-refractivity contribution in [1.82, 2.24) is 4.90 Å². The zero-order valence-electron chi connectivity index (χ0n) is 9.73. The third-order valence-corrected chi connectivity index (χ3v) is 4.26. The summed E-state index contributed by atoms with van der Waals surface area (Å²) in [7, 11) is 0. The van der Waals surface area contributed by atoms with Gasteiger partial charge in [-0.15, -0.1) is 11.3 Å². The van der Waals surface area contributed by atoms with E-state index >= 15 is 0 Å². The average Bonchev–Trinajstić information content (AvgIpc) is 2.87. The van der Waals surface area contributed by atoms with E-state index in [0.717, 1.165) is 18.7 Å². The molecule has 2 nitrogen and oxygen atoms in total. The number of hydrogen-bond acceptors (Lipinski definition) is 2. The van der Waals surface area contributed by atoms with Crippen LogP contribution in [0.3, 0.4) is 0 Å². The fourth-order valence-corrected chi connectivity index (χ4v) is 3.14. The first-order chi connectivity index (χ1) is 8.25. The maximum absolute atomic E-state index is 8.19. The third kappa shape index (κ3) is 1.76. The van der Waals surface area contributed by atoms with E-state index in [2.05, 4.69) is 29.3 Å². The van der Waals surface area contributed by atoms with Gasteiger partial charge in [-0.25, -0.2) is 0 Å². The fourth-order valence-electron chi connectivity index (χ4n) is 2.22. The molecule has 3 heteroatoms. The second kappa shape index (κ2) is 4.00. The monoisotopic (exact) mass is 242 g/mol. The molecule has 0 radical (unpaired) electrons. The Morgan fingerprint density at radius 3 is 2.82 bits per heavy atom. The summed E-state index contributed by atoms with van der Waals surface area (Å²) in [6, 6.07) is 10.4. The Labute approximate surface area is 105 Å². The predicted molar refractivity (Wildman–Crippen MR) is 71.6 cm³/mol. The molecule has 86 valence electrons. The Morgan fingerprint density at radius 2 is 2.12 bits per heavy atom. The molecule has 1 aromatic heterocycles. The minimum atomic E-state index is 0.661. The van der Waals surface area contributed by atoms with Crippen LogP contribution in [0.2, 0.25) is 0 Å². The van der Waals surface area contributed by atoms with Crippen molar-refractivity contribution < 1.29 is 0 Å². The van der Waals surface area contributed by atoms with Gasteiger partial charge < -0.3 is 4.90 Å². The highest BCUT2D eigenvalue weighted by Crippen LogP contribution is 2.26. The van der Waals surface area contributed by atoms with E-state index in [1.165, 1.54) is 16.0 Å². The molecular weight excluding hydrogens is 228 g/mol. The van der Waals surface area contributed by atoms with Crippen molar-refractivity contribution in [3.63, 3.8) is 0 Å².